The lowest BCUT2D eigenvalue weighted by Crippen LogP contribution is -2.13. The van der Waals surface area contributed by atoms with Gasteiger partial charge in [-0.15, -0.1) is 0 Å². The first-order valence-corrected chi connectivity index (χ1v) is 6.69. The van der Waals surface area contributed by atoms with Crippen molar-refractivity contribution in [3.63, 3.8) is 0 Å². The lowest BCUT2D eigenvalue weighted by atomic mass is 9.99. The predicted molar refractivity (Wildman–Crippen MR) is 80.5 cm³/mol. The molecule has 0 aliphatic rings. The first-order chi connectivity index (χ1) is 9.22. The van der Waals surface area contributed by atoms with E-state index in [0.717, 1.165) is 5.69 Å². The second-order valence-corrected chi connectivity index (χ2v) is 4.81. The van der Waals surface area contributed by atoms with Gasteiger partial charge in [0, 0.05) is 18.3 Å². The van der Waals surface area contributed by atoms with Crippen LogP contribution in [0.4, 0.5) is 5.69 Å². The highest BCUT2D eigenvalue weighted by molar-refractivity contribution is 5.54. The van der Waals surface area contributed by atoms with Gasteiger partial charge in [0.15, 0.2) is 0 Å². The molecule has 0 saturated carbocycles. The highest BCUT2D eigenvalue weighted by Crippen LogP contribution is 2.32. The Kier molecular flexibility index (Phi) is 4.58. The molecule has 1 N–H and O–H groups in total. The Bertz CT molecular complexity index is 508. The second kappa shape index (κ2) is 6.39. The van der Waals surface area contributed by atoms with Crippen molar-refractivity contribution in [1.82, 2.24) is 0 Å². The Morgan fingerprint density at radius 1 is 0.895 bits per heavy atom. The summed E-state index contributed by atoms with van der Waals surface area (Å²) in [4.78, 5) is 0. The van der Waals surface area contributed by atoms with Gasteiger partial charge < -0.3 is 10.1 Å². The highest BCUT2D eigenvalue weighted by Gasteiger charge is 2.18. The van der Waals surface area contributed by atoms with Gasteiger partial charge in [0.05, 0.1) is 6.10 Å². The molecule has 19 heavy (non-hydrogen) atoms. The van der Waals surface area contributed by atoms with Crippen LogP contribution in [0.3, 0.4) is 0 Å². The van der Waals surface area contributed by atoms with Crippen LogP contribution in [0.2, 0.25) is 0 Å². The molecule has 0 bridgehead atoms. The summed E-state index contributed by atoms with van der Waals surface area (Å²) in [6.45, 7) is 4.13. The topological polar surface area (TPSA) is 21.3 Å². The van der Waals surface area contributed by atoms with Crippen LogP contribution < -0.4 is 5.32 Å². The first-order valence-electron chi connectivity index (χ1n) is 6.69. The number of hydrogen-bond acceptors (Lipinski definition) is 2. The average Bonchev–Trinajstić information content (AvgIpc) is 2.45. The van der Waals surface area contributed by atoms with Gasteiger partial charge >= 0.3 is 0 Å². The first kappa shape index (κ1) is 13.6. The van der Waals surface area contributed by atoms with Crippen LogP contribution in [0.1, 0.15) is 31.1 Å². The summed E-state index contributed by atoms with van der Waals surface area (Å²) in [6.07, 6.45) is 0.139. The quantitative estimate of drug-likeness (QED) is 0.862. The number of anilines is 1. The maximum atomic E-state index is 6.12. The van der Waals surface area contributed by atoms with Crippen LogP contribution >= 0.6 is 0 Å². The fourth-order valence-electron chi connectivity index (χ4n) is 2.18. The maximum absolute atomic E-state index is 6.12. The molecule has 1 atom stereocenters. The fraction of sp³-hybridized carbons (Fsp3) is 0.294. The highest BCUT2D eigenvalue weighted by atomic mass is 16.5. The van der Waals surface area contributed by atoms with E-state index in [9.17, 15) is 0 Å². The Balaban J connectivity index is 2.43. The van der Waals surface area contributed by atoms with Crippen molar-refractivity contribution in [2.75, 3.05) is 12.4 Å². The predicted octanol–water partition coefficient (Wildman–Crippen LogP) is 4.24. The average molecular weight is 255 g/mol. The minimum Gasteiger partial charge on any atom is -0.388 e. The lowest BCUT2D eigenvalue weighted by Gasteiger charge is -2.23. The van der Waals surface area contributed by atoms with Crippen LogP contribution in [-0.4, -0.2) is 13.2 Å². The van der Waals surface area contributed by atoms with Crippen LogP contribution in [0.25, 0.3) is 0 Å². The number of para-hydroxylation sites is 1. The van der Waals surface area contributed by atoms with Gasteiger partial charge in [-0.1, -0.05) is 48.5 Å². The molecule has 2 aromatic rings. The van der Waals surface area contributed by atoms with Crippen molar-refractivity contribution >= 4 is 5.69 Å². The van der Waals surface area contributed by atoms with Gasteiger partial charge in [-0.25, -0.2) is 0 Å². The van der Waals surface area contributed by atoms with Gasteiger partial charge in [0.2, 0.25) is 0 Å². The molecule has 0 spiro atoms. The number of ether oxygens (including phenoxy) is 1. The molecular weight excluding hydrogens is 234 g/mol. The van der Waals surface area contributed by atoms with E-state index in [2.05, 4.69) is 49.5 Å². The zero-order valence-electron chi connectivity index (χ0n) is 11.8. The minimum absolute atomic E-state index is 0.0372. The summed E-state index contributed by atoms with van der Waals surface area (Å²) in [5, 5.41) is 3.24. The number of hydrogen-bond donors (Lipinski definition) is 1. The SMILES string of the molecule is CNc1ccccc1[C@@H](OC(C)C)c1ccccc1. The van der Waals surface area contributed by atoms with E-state index < -0.39 is 0 Å². The largest absolute Gasteiger partial charge is 0.388 e. The van der Waals surface area contributed by atoms with Crippen LogP contribution in [0.15, 0.2) is 54.6 Å². The molecule has 0 radical (unpaired) electrons. The molecule has 0 amide bonds. The van der Waals surface area contributed by atoms with E-state index in [0.29, 0.717) is 0 Å². The third kappa shape index (κ3) is 3.36. The molecule has 2 heteroatoms. The molecule has 0 aromatic heterocycles. The van der Waals surface area contributed by atoms with Gasteiger partial charge in [-0.05, 0) is 25.5 Å². The normalized spacial score (nSPS) is 12.4. The summed E-state index contributed by atoms with van der Waals surface area (Å²) in [5.41, 5.74) is 3.46. The van der Waals surface area contributed by atoms with E-state index in [-0.39, 0.29) is 12.2 Å². The summed E-state index contributed by atoms with van der Waals surface area (Å²) in [5.74, 6) is 0. The minimum atomic E-state index is -0.0372. The smallest absolute Gasteiger partial charge is 0.110 e. The molecule has 0 fully saturated rings. The molecule has 2 aromatic carbocycles. The van der Waals surface area contributed by atoms with Crippen molar-refractivity contribution in [2.24, 2.45) is 0 Å². The van der Waals surface area contributed by atoms with Gasteiger partial charge in [-0.3, -0.25) is 0 Å². The van der Waals surface area contributed by atoms with Crippen LogP contribution in [-0.2, 0) is 4.74 Å². The summed E-state index contributed by atoms with van der Waals surface area (Å²) >= 11 is 0. The molecular formula is C17H21NO. The number of nitrogens with one attached hydrogen (secondary N) is 1. The molecule has 2 nitrogen and oxygen atoms in total. The van der Waals surface area contributed by atoms with E-state index in [1.807, 2.05) is 31.3 Å². The monoisotopic (exact) mass is 255 g/mol. The van der Waals surface area contributed by atoms with E-state index in [1.165, 1.54) is 11.1 Å². The lowest BCUT2D eigenvalue weighted by molar-refractivity contribution is 0.0307. The second-order valence-electron chi connectivity index (χ2n) is 4.81. The van der Waals surface area contributed by atoms with Crippen molar-refractivity contribution in [2.45, 2.75) is 26.1 Å². The Morgan fingerprint density at radius 3 is 2.16 bits per heavy atom. The van der Waals surface area contributed by atoms with Gasteiger partial charge in [-0.2, -0.15) is 0 Å². The third-order valence-corrected chi connectivity index (χ3v) is 3.02. The third-order valence-electron chi connectivity index (χ3n) is 3.02. The van der Waals surface area contributed by atoms with Gasteiger partial charge in [0.25, 0.3) is 0 Å². The van der Waals surface area contributed by atoms with E-state index >= 15 is 0 Å². The summed E-state index contributed by atoms with van der Waals surface area (Å²) < 4.78 is 6.12. The summed E-state index contributed by atoms with van der Waals surface area (Å²) in [6, 6.07) is 18.6. The molecule has 0 unspecified atom stereocenters. The van der Waals surface area contributed by atoms with Crippen molar-refractivity contribution < 1.29 is 4.74 Å². The number of benzene rings is 2. The standard InChI is InChI=1S/C17H21NO/c1-13(2)19-17(14-9-5-4-6-10-14)15-11-7-8-12-16(15)18-3/h4-13,17-18H,1-3H3/t17-/m0/s1. The maximum Gasteiger partial charge on any atom is 0.110 e. The molecule has 2 rings (SSSR count). The van der Waals surface area contributed by atoms with E-state index in [1.54, 1.807) is 0 Å². The van der Waals surface area contributed by atoms with Crippen molar-refractivity contribution in [1.29, 1.82) is 0 Å². The zero-order chi connectivity index (χ0) is 13.7. The van der Waals surface area contributed by atoms with Crippen molar-refractivity contribution in [3.05, 3.63) is 65.7 Å². The number of rotatable bonds is 5. The van der Waals surface area contributed by atoms with Crippen molar-refractivity contribution in [3.8, 4) is 0 Å². The van der Waals surface area contributed by atoms with Crippen LogP contribution in [0.5, 0.6) is 0 Å². The molecule has 0 saturated heterocycles. The summed E-state index contributed by atoms with van der Waals surface area (Å²) in [7, 11) is 1.94. The molecule has 0 aliphatic heterocycles. The zero-order valence-corrected chi connectivity index (χ0v) is 11.8. The van der Waals surface area contributed by atoms with E-state index in [4.69, 9.17) is 4.74 Å². The van der Waals surface area contributed by atoms with Crippen LogP contribution in [0, 0.1) is 0 Å². The van der Waals surface area contributed by atoms with Gasteiger partial charge in [0.1, 0.15) is 6.10 Å². The Labute approximate surface area is 115 Å². The Morgan fingerprint density at radius 2 is 1.53 bits per heavy atom. The molecule has 100 valence electrons. The fourth-order valence-corrected chi connectivity index (χ4v) is 2.18. The molecule has 0 aliphatic carbocycles. The molecule has 0 heterocycles. The Hall–Kier alpha value is -1.80.